The monoisotopic (exact) mass is 654 g/mol. The molecule has 46 heavy (non-hydrogen) atoms. The van der Waals surface area contributed by atoms with Crippen LogP contribution in [-0.4, -0.2) is 79.3 Å². The van der Waals surface area contributed by atoms with E-state index in [4.69, 9.17) is 10.5 Å². The minimum atomic E-state index is -4.67. The molecule has 1 saturated carbocycles. The molecule has 0 bridgehead atoms. The fourth-order valence-electron chi connectivity index (χ4n) is 5.67. The van der Waals surface area contributed by atoms with Crippen LogP contribution in [0.15, 0.2) is 48.2 Å². The Morgan fingerprint density at radius 1 is 1.22 bits per heavy atom. The normalized spacial score (nSPS) is 21.6. The standard InChI is InChI=1S/C31H39F5N6O4/c1-18(13-23(9-12-37)24(17-46-3)42-16-25(31(34,35)36)40-29(42)45)39-28(44)26(21-7-10-30(32,33)11-8-21)41-27(43)19(2)22-6-4-5-20(14-22)15-38/h4-6,9,12-14,18-19,21,24-26H,7-8,10-11,16-17,37H2,1-3H3,(H,39,44)(H,40,45)(H,41,43)/b12-9-,23-13+/t18?,19?,24-,25+,26?/m1/s1. The van der Waals surface area contributed by atoms with E-state index in [0.717, 1.165) is 11.1 Å². The molecule has 5 atom stereocenters. The van der Waals surface area contributed by atoms with E-state index in [-0.39, 0.29) is 25.0 Å². The molecule has 2 fully saturated rings. The molecule has 1 aliphatic heterocycles. The summed E-state index contributed by atoms with van der Waals surface area (Å²) in [6.45, 7) is 2.30. The largest absolute Gasteiger partial charge is 0.410 e. The number of urea groups is 1. The first-order valence-corrected chi connectivity index (χ1v) is 14.8. The van der Waals surface area contributed by atoms with Gasteiger partial charge in [-0.1, -0.05) is 18.2 Å². The number of nitriles is 1. The van der Waals surface area contributed by atoms with Crippen LogP contribution in [0.25, 0.3) is 0 Å². The highest BCUT2D eigenvalue weighted by molar-refractivity contribution is 5.91. The molecular weight excluding hydrogens is 615 g/mol. The van der Waals surface area contributed by atoms with E-state index in [9.17, 15) is 41.6 Å². The summed E-state index contributed by atoms with van der Waals surface area (Å²) < 4.78 is 73.2. The Bertz CT molecular complexity index is 1350. The van der Waals surface area contributed by atoms with Crippen LogP contribution in [0.2, 0.25) is 0 Å². The van der Waals surface area contributed by atoms with E-state index in [1.165, 1.54) is 19.3 Å². The lowest BCUT2D eigenvalue weighted by atomic mass is 9.81. The summed E-state index contributed by atoms with van der Waals surface area (Å²) in [5.74, 6) is -5.44. The second-order valence-electron chi connectivity index (χ2n) is 11.6. The molecule has 3 unspecified atom stereocenters. The predicted molar refractivity (Wildman–Crippen MR) is 158 cm³/mol. The number of nitrogens with two attached hydrogens (primary N) is 1. The zero-order chi connectivity index (χ0) is 34.2. The van der Waals surface area contributed by atoms with Crippen LogP contribution in [0.5, 0.6) is 0 Å². The minimum Gasteiger partial charge on any atom is -0.405 e. The maximum atomic E-state index is 14.0. The highest BCUT2D eigenvalue weighted by Gasteiger charge is 2.49. The lowest BCUT2D eigenvalue weighted by Crippen LogP contribution is -2.54. The number of hydrogen-bond donors (Lipinski definition) is 4. The van der Waals surface area contributed by atoms with Gasteiger partial charge in [-0.15, -0.1) is 0 Å². The van der Waals surface area contributed by atoms with Crippen molar-refractivity contribution in [3.63, 3.8) is 0 Å². The molecule has 252 valence electrons. The van der Waals surface area contributed by atoms with E-state index < -0.39 is 85.3 Å². The minimum absolute atomic E-state index is 0.0184. The topological polar surface area (TPSA) is 150 Å². The lowest BCUT2D eigenvalue weighted by Gasteiger charge is -2.34. The van der Waals surface area contributed by atoms with Crippen molar-refractivity contribution in [3.8, 4) is 6.07 Å². The summed E-state index contributed by atoms with van der Waals surface area (Å²) in [6.07, 6.45) is -1.61. The third-order valence-corrected chi connectivity index (χ3v) is 8.24. The van der Waals surface area contributed by atoms with Crippen molar-refractivity contribution >= 4 is 17.8 Å². The number of amides is 4. The summed E-state index contributed by atoms with van der Waals surface area (Å²) in [5.41, 5.74) is 6.76. The van der Waals surface area contributed by atoms with E-state index in [1.807, 2.05) is 11.4 Å². The van der Waals surface area contributed by atoms with Gasteiger partial charge in [-0.25, -0.2) is 13.6 Å². The highest BCUT2D eigenvalue weighted by atomic mass is 19.4. The van der Waals surface area contributed by atoms with E-state index in [0.29, 0.717) is 11.1 Å². The van der Waals surface area contributed by atoms with Gasteiger partial charge >= 0.3 is 12.2 Å². The fourth-order valence-corrected chi connectivity index (χ4v) is 5.67. The maximum absolute atomic E-state index is 14.0. The number of ether oxygens (including phenoxy) is 1. The molecule has 2 aliphatic rings. The summed E-state index contributed by atoms with van der Waals surface area (Å²) in [5, 5.41) is 16.6. The van der Waals surface area contributed by atoms with E-state index in [1.54, 1.807) is 38.1 Å². The van der Waals surface area contributed by atoms with Crippen LogP contribution in [0.1, 0.15) is 56.6 Å². The van der Waals surface area contributed by atoms with Gasteiger partial charge in [-0.2, -0.15) is 18.4 Å². The van der Waals surface area contributed by atoms with E-state index in [2.05, 4.69) is 10.6 Å². The number of nitrogens with one attached hydrogen (secondary N) is 3. The number of methoxy groups -OCH3 is 1. The smallest absolute Gasteiger partial charge is 0.405 e. The molecule has 5 N–H and O–H groups in total. The van der Waals surface area contributed by atoms with E-state index >= 15 is 0 Å². The van der Waals surface area contributed by atoms with Gasteiger partial charge in [-0.05, 0) is 68.2 Å². The zero-order valence-corrected chi connectivity index (χ0v) is 25.7. The number of benzene rings is 1. The molecule has 0 aromatic heterocycles. The molecule has 1 saturated heterocycles. The molecule has 1 aromatic carbocycles. The quantitative estimate of drug-likeness (QED) is 0.199. The van der Waals surface area contributed by atoms with Crippen molar-refractivity contribution in [2.45, 2.75) is 81.7 Å². The van der Waals surface area contributed by atoms with Gasteiger partial charge in [0.15, 0.2) is 0 Å². The molecule has 3 rings (SSSR count). The average Bonchev–Trinajstić information content (AvgIpc) is 3.39. The number of hydrogen-bond acceptors (Lipinski definition) is 6. The van der Waals surface area contributed by atoms with Crippen molar-refractivity contribution in [1.29, 1.82) is 5.26 Å². The molecule has 10 nitrogen and oxygen atoms in total. The average molecular weight is 655 g/mol. The van der Waals surface area contributed by atoms with Gasteiger partial charge in [0.25, 0.3) is 0 Å². The lowest BCUT2D eigenvalue weighted by molar-refractivity contribution is -0.150. The van der Waals surface area contributed by atoms with Gasteiger partial charge < -0.3 is 31.3 Å². The number of carbonyl (C=O) groups is 3. The van der Waals surface area contributed by atoms with Crippen molar-refractivity contribution in [3.05, 3.63) is 59.3 Å². The molecule has 1 heterocycles. The van der Waals surface area contributed by atoms with Gasteiger partial charge in [0.2, 0.25) is 17.7 Å². The molecule has 1 aliphatic carbocycles. The van der Waals surface area contributed by atoms with Crippen LogP contribution in [0.3, 0.4) is 0 Å². The van der Waals surface area contributed by atoms with Crippen molar-refractivity contribution in [2.75, 3.05) is 20.3 Å². The van der Waals surface area contributed by atoms with Gasteiger partial charge in [0, 0.05) is 26.0 Å². The van der Waals surface area contributed by atoms with Crippen molar-refractivity contribution in [2.24, 2.45) is 11.7 Å². The Hall–Kier alpha value is -4.19. The maximum Gasteiger partial charge on any atom is 0.410 e. The van der Waals surface area contributed by atoms with Crippen molar-refractivity contribution < 1.29 is 41.1 Å². The SMILES string of the molecule is COC[C@H](C(/C=C\N)=C/C(C)NC(=O)C(NC(=O)C(C)c1cccc(C#N)c1)C1CCC(F)(F)CC1)N1C[C@@H](C(F)(F)F)NC1=O. The van der Waals surface area contributed by atoms with Gasteiger partial charge in [-0.3, -0.25) is 9.59 Å². The second kappa shape index (κ2) is 15.4. The van der Waals surface area contributed by atoms with Crippen LogP contribution in [0.4, 0.5) is 26.7 Å². The molecule has 15 heteroatoms. The van der Waals surface area contributed by atoms with Crippen molar-refractivity contribution in [1.82, 2.24) is 20.9 Å². The summed E-state index contributed by atoms with van der Waals surface area (Å²) in [4.78, 5) is 40.5. The number of nitrogens with zero attached hydrogens (tertiary/aromatic N) is 2. The Kier molecular flexibility index (Phi) is 12.1. The van der Waals surface area contributed by atoms with Crippen LogP contribution < -0.4 is 21.7 Å². The molecule has 0 spiro atoms. The Morgan fingerprint density at radius 2 is 1.89 bits per heavy atom. The van der Waals surface area contributed by atoms with Gasteiger partial charge in [0.05, 0.1) is 36.7 Å². The first-order chi connectivity index (χ1) is 21.6. The number of rotatable bonds is 12. The van der Waals surface area contributed by atoms with Crippen LogP contribution >= 0.6 is 0 Å². The molecule has 1 aromatic rings. The summed E-state index contributed by atoms with van der Waals surface area (Å²) >= 11 is 0. The second-order valence-corrected chi connectivity index (χ2v) is 11.6. The third-order valence-electron chi connectivity index (χ3n) is 8.24. The summed E-state index contributed by atoms with van der Waals surface area (Å²) in [6, 6.07) is 2.39. The Labute approximate surface area is 264 Å². The van der Waals surface area contributed by atoms with Crippen LogP contribution in [0, 0.1) is 17.2 Å². The predicted octanol–water partition coefficient (Wildman–Crippen LogP) is 3.85. The molecular formula is C31H39F5N6O4. The first-order valence-electron chi connectivity index (χ1n) is 14.8. The molecule has 4 amide bonds. The van der Waals surface area contributed by atoms with Gasteiger partial charge in [0.1, 0.15) is 12.1 Å². The Morgan fingerprint density at radius 3 is 2.46 bits per heavy atom. The Balaban J connectivity index is 1.84. The molecule has 0 radical (unpaired) electrons. The summed E-state index contributed by atoms with van der Waals surface area (Å²) in [7, 11) is 1.32. The number of halogens is 5. The zero-order valence-electron chi connectivity index (χ0n) is 25.7. The first kappa shape index (κ1) is 36.3. The number of alkyl halides is 5. The highest BCUT2D eigenvalue weighted by Crippen LogP contribution is 2.38. The fraction of sp³-hybridized carbons (Fsp3) is 0.548. The number of carbonyl (C=O) groups excluding carboxylic acids is 3. The van der Waals surface area contributed by atoms with Crippen LogP contribution in [-0.2, 0) is 14.3 Å². The third kappa shape index (κ3) is 9.41.